The summed E-state index contributed by atoms with van der Waals surface area (Å²) in [5.41, 5.74) is 0. The van der Waals surface area contributed by atoms with Crippen LogP contribution in [0.2, 0.25) is 0 Å². The van der Waals surface area contributed by atoms with Crippen LogP contribution in [-0.4, -0.2) is 31.7 Å². The number of ether oxygens (including phenoxy) is 1. The van der Waals surface area contributed by atoms with Crippen LogP contribution in [0.5, 0.6) is 0 Å². The van der Waals surface area contributed by atoms with Gasteiger partial charge in [0, 0.05) is 18.6 Å². The van der Waals surface area contributed by atoms with Gasteiger partial charge >= 0.3 is 0 Å². The Balaban J connectivity index is 1.50. The second-order valence-electron chi connectivity index (χ2n) is 4.65. The van der Waals surface area contributed by atoms with Crippen LogP contribution in [0.1, 0.15) is 25.7 Å². The fourth-order valence-corrected chi connectivity index (χ4v) is 2.77. The number of halogens is 1. The van der Waals surface area contributed by atoms with Crippen LogP contribution in [0.3, 0.4) is 0 Å². The van der Waals surface area contributed by atoms with E-state index in [-0.39, 0.29) is 0 Å². The summed E-state index contributed by atoms with van der Waals surface area (Å²) < 4.78 is 5.33. The minimum absolute atomic E-state index is 0.463. The number of alkyl halides is 1. The number of rotatable bonds is 4. The first-order valence-corrected chi connectivity index (χ1v) is 6.21. The van der Waals surface area contributed by atoms with E-state index in [1.807, 2.05) is 0 Å². The van der Waals surface area contributed by atoms with Crippen LogP contribution in [0.15, 0.2) is 0 Å². The molecule has 1 aliphatic carbocycles. The van der Waals surface area contributed by atoms with Crippen molar-refractivity contribution in [3.63, 3.8) is 0 Å². The summed E-state index contributed by atoms with van der Waals surface area (Å²) >= 11 is 5.93. The molecule has 2 rings (SSSR count). The van der Waals surface area contributed by atoms with E-state index in [0.29, 0.717) is 5.38 Å². The first-order valence-electron chi connectivity index (χ1n) is 5.77. The highest BCUT2D eigenvalue weighted by molar-refractivity contribution is 6.21. The highest BCUT2D eigenvalue weighted by Crippen LogP contribution is 2.31. The van der Waals surface area contributed by atoms with Gasteiger partial charge in [-0.2, -0.15) is 0 Å². The van der Waals surface area contributed by atoms with Gasteiger partial charge in [-0.1, -0.05) is 0 Å². The Morgan fingerprint density at radius 3 is 2.36 bits per heavy atom. The van der Waals surface area contributed by atoms with Gasteiger partial charge in [0.15, 0.2) is 0 Å². The van der Waals surface area contributed by atoms with Crippen molar-refractivity contribution in [2.75, 3.05) is 26.3 Å². The van der Waals surface area contributed by atoms with Crippen molar-refractivity contribution in [1.82, 2.24) is 5.32 Å². The van der Waals surface area contributed by atoms with E-state index in [9.17, 15) is 0 Å². The predicted molar refractivity (Wildman–Crippen MR) is 58.8 cm³/mol. The van der Waals surface area contributed by atoms with E-state index < -0.39 is 0 Å². The SMILES string of the molecule is ClC1CC(CNCC2CCOCC2)C1. The van der Waals surface area contributed by atoms with Crippen LogP contribution in [0, 0.1) is 11.8 Å². The number of nitrogens with one attached hydrogen (secondary N) is 1. The minimum Gasteiger partial charge on any atom is -0.381 e. The highest BCUT2D eigenvalue weighted by atomic mass is 35.5. The zero-order valence-corrected chi connectivity index (χ0v) is 9.43. The minimum atomic E-state index is 0.463. The molecular weight excluding hydrogens is 198 g/mol. The standard InChI is InChI=1S/C11H20ClNO/c12-11-5-10(6-11)8-13-7-9-1-3-14-4-2-9/h9-11,13H,1-8H2. The molecule has 3 heteroatoms. The van der Waals surface area contributed by atoms with Gasteiger partial charge in [0.05, 0.1) is 0 Å². The average molecular weight is 218 g/mol. The maximum Gasteiger partial charge on any atom is 0.0469 e. The lowest BCUT2D eigenvalue weighted by Crippen LogP contribution is -2.36. The van der Waals surface area contributed by atoms with E-state index in [4.69, 9.17) is 16.3 Å². The third-order valence-electron chi connectivity index (χ3n) is 3.39. The van der Waals surface area contributed by atoms with E-state index in [1.165, 1.54) is 38.8 Å². The Morgan fingerprint density at radius 2 is 1.71 bits per heavy atom. The molecule has 0 unspecified atom stereocenters. The van der Waals surface area contributed by atoms with Gasteiger partial charge in [-0.05, 0) is 50.6 Å². The molecule has 0 amide bonds. The molecule has 2 aliphatic rings. The lowest BCUT2D eigenvalue weighted by Gasteiger charge is -2.32. The lowest BCUT2D eigenvalue weighted by molar-refractivity contribution is 0.0657. The molecule has 2 nitrogen and oxygen atoms in total. The summed E-state index contributed by atoms with van der Waals surface area (Å²) in [7, 11) is 0. The van der Waals surface area contributed by atoms with Gasteiger partial charge < -0.3 is 10.1 Å². The van der Waals surface area contributed by atoms with Crippen molar-refractivity contribution in [3.05, 3.63) is 0 Å². The normalized spacial score (nSPS) is 34.1. The third kappa shape index (κ3) is 3.11. The van der Waals surface area contributed by atoms with Crippen LogP contribution in [-0.2, 0) is 4.74 Å². The second kappa shape index (κ2) is 5.34. The van der Waals surface area contributed by atoms with Crippen LogP contribution in [0.25, 0.3) is 0 Å². The second-order valence-corrected chi connectivity index (χ2v) is 5.27. The topological polar surface area (TPSA) is 21.3 Å². The molecule has 0 bridgehead atoms. The maximum atomic E-state index is 5.93. The Bertz CT molecular complexity index is 165. The van der Waals surface area contributed by atoms with Crippen molar-refractivity contribution in [2.24, 2.45) is 11.8 Å². The molecule has 0 aromatic heterocycles. The molecule has 1 saturated carbocycles. The zero-order chi connectivity index (χ0) is 9.80. The molecule has 0 aromatic rings. The van der Waals surface area contributed by atoms with Crippen molar-refractivity contribution >= 4 is 11.6 Å². The maximum absolute atomic E-state index is 5.93. The number of hydrogen-bond acceptors (Lipinski definition) is 2. The van der Waals surface area contributed by atoms with E-state index >= 15 is 0 Å². The average Bonchev–Trinajstić information content (AvgIpc) is 2.17. The van der Waals surface area contributed by atoms with Crippen molar-refractivity contribution < 1.29 is 4.74 Å². The Kier molecular flexibility index (Phi) is 4.09. The largest absolute Gasteiger partial charge is 0.381 e. The fraction of sp³-hybridized carbons (Fsp3) is 1.00. The highest BCUT2D eigenvalue weighted by Gasteiger charge is 2.26. The molecule has 1 heterocycles. The van der Waals surface area contributed by atoms with Crippen LogP contribution in [0.4, 0.5) is 0 Å². The Morgan fingerprint density at radius 1 is 1.07 bits per heavy atom. The van der Waals surface area contributed by atoms with Gasteiger partial charge in [0.25, 0.3) is 0 Å². The molecular formula is C11H20ClNO. The molecule has 0 atom stereocenters. The first-order chi connectivity index (χ1) is 6.84. The van der Waals surface area contributed by atoms with Crippen molar-refractivity contribution in [2.45, 2.75) is 31.1 Å². The van der Waals surface area contributed by atoms with Gasteiger partial charge in [-0.25, -0.2) is 0 Å². The molecule has 1 aliphatic heterocycles. The summed E-state index contributed by atoms with van der Waals surface area (Å²) in [6.45, 7) is 4.26. The smallest absolute Gasteiger partial charge is 0.0469 e. The fourth-order valence-electron chi connectivity index (χ4n) is 2.26. The summed E-state index contributed by atoms with van der Waals surface area (Å²) in [6.07, 6.45) is 4.89. The molecule has 1 saturated heterocycles. The van der Waals surface area contributed by atoms with Gasteiger partial charge in [-0.3, -0.25) is 0 Å². The summed E-state index contributed by atoms with van der Waals surface area (Å²) in [6, 6.07) is 0. The Labute approximate surface area is 91.3 Å². The molecule has 0 radical (unpaired) electrons. The first kappa shape index (κ1) is 10.7. The molecule has 1 N–H and O–H groups in total. The molecule has 82 valence electrons. The van der Waals surface area contributed by atoms with E-state index in [1.54, 1.807) is 0 Å². The number of hydrogen-bond donors (Lipinski definition) is 1. The van der Waals surface area contributed by atoms with Gasteiger partial charge in [0.1, 0.15) is 0 Å². The molecule has 14 heavy (non-hydrogen) atoms. The zero-order valence-electron chi connectivity index (χ0n) is 8.68. The molecule has 2 fully saturated rings. The summed E-state index contributed by atoms with van der Waals surface area (Å²) in [4.78, 5) is 0. The van der Waals surface area contributed by atoms with Crippen LogP contribution < -0.4 is 5.32 Å². The van der Waals surface area contributed by atoms with Crippen LogP contribution >= 0.6 is 11.6 Å². The quantitative estimate of drug-likeness (QED) is 0.728. The third-order valence-corrected chi connectivity index (χ3v) is 3.74. The lowest BCUT2D eigenvalue weighted by atomic mass is 9.85. The monoisotopic (exact) mass is 217 g/mol. The molecule has 0 aromatic carbocycles. The predicted octanol–water partition coefficient (Wildman–Crippen LogP) is 2.02. The van der Waals surface area contributed by atoms with E-state index in [0.717, 1.165) is 25.0 Å². The summed E-state index contributed by atoms with van der Waals surface area (Å²) in [5.74, 6) is 1.69. The van der Waals surface area contributed by atoms with E-state index in [2.05, 4.69) is 5.32 Å². The summed E-state index contributed by atoms with van der Waals surface area (Å²) in [5, 5.41) is 4.03. The molecule has 0 spiro atoms. The van der Waals surface area contributed by atoms with Gasteiger partial charge in [0.2, 0.25) is 0 Å². The van der Waals surface area contributed by atoms with Gasteiger partial charge in [-0.15, -0.1) is 11.6 Å². The Hall–Kier alpha value is 0.210. The van der Waals surface area contributed by atoms with Crippen molar-refractivity contribution in [3.8, 4) is 0 Å². The van der Waals surface area contributed by atoms with Crippen molar-refractivity contribution in [1.29, 1.82) is 0 Å².